The number of carbonyl (C=O) groups is 2. The molecule has 1 aliphatic carbocycles. The molecule has 0 radical (unpaired) electrons. The summed E-state index contributed by atoms with van der Waals surface area (Å²) in [7, 11) is 1.72. The van der Waals surface area contributed by atoms with Crippen molar-refractivity contribution in [1.82, 2.24) is 35.5 Å². The number of alkyl halides is 2. The summed E-state index contributed by atoms with van der Waals surface area (Å²) >= 11 is 0. The molecule has 4 heterocycles. The number of halogens is 2. The molecule has 2 aliphatic rings. The first kappa shape index (κ1) is 19.1. The molecule has 1 aliphatic heterocycles. The Bertz CT molecular complexity index is 1430. The summed E-state index contributed by atoms with van der Waals surface area (Å²) in [6.45, 7) is -3.97. The van der Waals surface area contributed by atoms with E-state index in [4.69, 9.17) is 4.11 Å². The van der Waals surface area contributed by atoms with Gasteiger partial charge in [-0.1, -0.05) is 5.21 Å². The van der Waals surface area contributed by atoms with Crippen LogP contribution in [0.25, 0.3) is 11.3 Å². The van der Waals surface area contributed by atoms with E-state index in [1.54, 1.807) is 18.9 Å². The molecule has 1 atom stereocenters. The van der Waals surface area contributed by atoms with E-state index in [1.807, 2.05) is 5.32 Å². The second kappa shape index (κ2) is 8.52. The fraction of sp³-hybridized carbons (Fsp3) is 0.381. The maximum absolute atomic E-state index is 13.7. The molecular weight excluding hydrogens is 462 g/mol. The zero-order chi connectivity index (χ0) is 27.4. The first-order valence-corrected chi connectivity index (χ1v) is 10.7. The van der Waals surface area contributed by atoms with Gasteiger partial charge in [-0.05, 0) is 25.8 Å². The molecule has 1 fully saturated rings. The maximum atomic E-state index is 13.7. The van der Waals surface area contributed by atoms with Crippen LogP contribution in [0.3, 0.4) is 0 Å². The number of aromatic nitrogens is 6. The van der Waals surface area contributed by atoms with E-state index in [0.717, 1.165) is 12.8 Å². The van der Waals surface area contributed by atoms with E-state index in [1.165, 1.54) is 18.3 Å². The van der Waals surface area contributed by atoms with Crippen molar-refractivity contribution in [2.45, 2.75) is 32.4 Å². The summed E-state index contributed by atoms with van der Waals surface area (Å²) in [5, 5.41) is 22.7. The highest BCUT2D eigenvalue weighted by atomic mass is 19.3. The lowest BCUT2D eigenvalue weighted by Crippen LogP contribution is -2.28. The summed E-state index contributed by atoms with van der Waals surface area (Å²) in [4.78, 5) is 31.1. The summed E-state index contributed by atoms with van der Waals surface area (Å²) in [5.74, 6) is -1.25. The van der Waals surface area contributed by atoms with Crippen molar-refractivity contribution in [3.8, 4) is 11.3 Å². The quantitative estimate of drug-likeness (QED) is 0.478. The van der Waals surface area contributed by atoms with Gasteiger partial charge in [0, 0.05) is 41.9 Å². The molecule has 2 amide bonds. The van der Waals surface area contributed by atoms with E-state index in [2.05, 4.69) is 36.1 Å². The summed E-state index contributed by atoms with van der Waals surface area (Å²) in [6.07, 6.45) is 2.88. The highest BCUT2D eigenvalue weighted by molar-refractivity contribution is 6.00. The van der Waals surface area contributed by atoms with Crippen LogP contribution in [-0.4, -0.2) is 56.0 Å². The first-order chi connectivity index (χ1) is 17.9. The average molecular weight is 487 g/mol. The molecule has 3 aromatic heterocycles. The number of pyridine rings is 1. The normalized spacial score (nSPS) is 18.1. The molecule has 1 saturated carbocycles. The lowest BCUT2D eigenvalue weighted by Gasteiger charge is -2.34. The number of fused-ring (bicyclic) bond motifs is 3. The van der Waals surface area contributed by atoms with Gasteiger partial charge in [0.05, 0.1) is 17.4 Å². The fourth-order valence-corrected chi connectivity index (χ4v) is 3.93. The van der Waals surface area contributed by atoms with Crippen molar-refractivity contribution in [1.29, 1.82) is 0 Å². The Balaban J connectivity index is 1.59. The van der Waals surface area contributed by atoms with Crippen LogP contribution in [-0.2, 0) is 4.79 Å². The molecule has 0 aromatic carbocycles. The standard InChI is InChI=1S/C21H22F2N10O2/c1-9-14-16(33(21(22)23)31-30-14)11-6-7-25-18(17(11)32(9)3)26-12-8-13(27-19(34)10-4-5-10)28-29-15(12)20(35)24-2/h6-10,21H,4-5H2,1-3H3,(H,24,35)(H2,25,26,27,28,34)/t9-/m1/s1/i2D3. The number of hydrogen-bond acceptors (Lipinski definition) is 9. The molecule has 3 N–H and O–H groups in total. The largest absolute Gasteiger partial charge is 0.363 e. The minimum atomic E-state index is -2.93. The van der Waals surface area contributed by atoms with Gasteiger partial charge in [0.15, 0.2) is 17.3 Å². The van der Waals surface area contributed by atoms with Gasteiger partial charge < -0.3 is 20.9 Å². The van der Waals surface area contributed by atoms with Crippen molar-refractivity contribution in [3.63, 3.8) is 0 Å². The third-order valence-corrected chi connectivity index (χ3v) is 5.99. The van der Waals surface area contributed by atoms with Crippen LogP contribution in [0.1, 0.15) is 52.7 Å². The Labute approximate surface area is 202 Å². The minimum Gasteiger partial charge on any atom is -0.363 e. The predicted octanol–water partition coefficient (Wildman–Crippen LogP) is 2.49. The number of nitrogens with one attached hydrogen (secondary N) is 3. The van der Waals surface area contributed by atoms with Gasteiger partial charge in [0.2, 0.25) is 5.91 Å². The Kier molecular flexibility index (Phi) is 4.65. The van der Waals surface area contributed by atoms with Crippen LogP contribution in [0.4, 0.5) is 31.8 Å². The topological polar surface area (TPSA) is 143 Å². The van der Waals surface area contributed by atoms with Gasteiger partial charge in [0.1, 0.15) is 11.4 Å². The summed E-state index contributed by atoms with van der Waals surface area (Å²) in [6, 6.07) is 2.40. The predicted molar refractivity (Wildman–Crippen MR) is 121 cm³/mol. The smallest absolute Gasteiger partial charge is 0.335 e. The molecule has 182 valence electrons. The van der Waals surface area contributed by atoms with Crippen molar-refractivity contribution >= 4 is 34.8 Å². The lowest BCUT2D eigenvalue weighted by molar-refractivity contribution is -0.117. The second-order valence-electron chi connectivity index (χ2n) is 8.22. The van der Waals surface area contributed by atoms with Gasteiger partial charge in [0.25, 0.3) is 5.91 Å². The number of anilines is 4. The highest BCUT2D eigenvalue weighted by Crippen LogP contribution is 2.47. The number of nitrogens with zero attached hydrogens (tertiary/aromatic N) is 7. The second-order valence-corrected chi connectivity index (χ2v) is 8.22. The average Bonchev–Trinajstić information content (AvgIpc) is 3.59. The van der Waals surface area contributed by atoms with E-state index >= 15 is 0 Å². The van der Waals surface area contributed by atoms with Gasteiger partial charge in [-0.25, -0.2) is 4.98 Å². The van der Waals surface area contributed by atoms with E-state index < -0.39 is 25.5 Å². The molecule has 12 nitrogen and oxygen atoms in total. The van der Waals surface area contributed by atoms with Crippen LogP contribution < -0.4 is 20.9 Å². The number of hydrogen-bond donors (Lipinski definition) is 3. The number of rotatable bonds is 6. The van der Waals surface area contributed by atoms with Gasteiger partial charge in [-0.15, -0.1) is 15.3 Å². The Hall–Kier alpha value is -4.23. The van der Waals surface area contributed by atoms with Gasteiger partial charge in [-0.3, -0.25) is 9.59 Å². The first-order valence-electron chi connectivity index (χ1n) is 12.2. The molecule has 5 rings (SSSR count). The Morgan fingerprint density at radius 3 is 2.77 bits per heavy atom. The van der Waals surface area contributed by atoms with Crippen molar-refractivity contribution in [2.24, 2.45) is 5.92 Å². The van der Waals surface area contributed by atoms with Crippen molar-refractivity contribution in [3.05, 3.63) is 29.7 Å². The van der Waals surface area contributed by atoms with Crippen LogP contribution in [0.5, 0.6) is 0 Å². The van der Waals surface area contributed by atoms with Crippen LogP contribution in [0, 0.1) is 5.92 Å². The van der Waals surface area contributed by atoms with Crippen molar-refractivity contribution in [2.75, 3.05) is 29.6 Å². The zero-order valence-electron chi connectivity index (χ0n) is 21.6. The Morgan fingerprint density at radius 2 is 2.06 bits per heavy atom. The van der Waals surface area contributed by atoms with E-state index in [0.29, 0.717) is 21.6 Å². The lowest BCUT2D eigenvalue weighted by atomic mass is 9.98. The third kappa shape index (κ3) is 3.90. The molecule has 0 bridgehead atoms. The SMILES string of the molecule is [2H]C([2H])([2H])NC(=O)c1nnc(NC(=O)C2CC2)cc1Nc1nccc2c1N(C)[C@H](C)c1nnn(C(F)F)c1-2. The summed E-state index contributed by atoms with van der Waals surface area (Å²) < 4.78 is 50.0. The molecule has 0 unspecified atom stereocenters. The number of carbonyl (C=O) groups excluding carboxylic acids is 2. The highest BCUT2D eigenvalue weighted by Gasteiger charge is 2.35. The van der Waals surface area contributed by atoms with Crippen LogP contribution in [0.15, 0.2) is 18.3 Å². The monoisotopic (exact) mass is 487 g/mol. The molecule has 0 spiro atoms. The Morgan fingerprint density at radius 1 is 1.26 bits per heavy atom. The van der Waals surface area contributed by atoms with E-state index in [9.17, 15) is 18.4 Å². The van der Waals surface area contributed by atoms with Crippen molar-refractivity contribution < 1.29 is 22.5 Å². The third-order valence-electron chi connectivity index (χ3n) is 5.99. The maximum Gasteiger partial charge on any atom is 0.335 e. The van der Waals surface area contributed by atoms with Crippen LogP contribution >= 0.6 is 0 Å². The molecule has 0 saturated heterocycles. The van der Waals surface area contributed by atoms with Gasteiger partial charge >= 0.3 is 6.55 Å². The summed E-state index contributed by atoms with van der Waals surface area (Å²) in [5.41, 5.74) is 0.848. The van der Waals surface area contributed by atoms with E-state index in [-0.39, 0.29) is 40.5 Å². The van der Waals surface area contributed by atoms with Gasteiger partial charge in [-0.2, -0.15) is 13.5 Å². The number of amides is 2. The van der Waals surface area contributed by atoms with Crippen LogP contribution in [0.2, 0.25) is 0 Å². The zero-order valence-corrected chi connectivity index (χ0v) is 18.6. The molecule has 14 heteroatoms. The molecular formula is C21H22F2N10O2. The minimum absolute atomic E-state index is 0.0129. The fourth-order valence-electron chi connectivity index (χ4n) is 3.93. The molecule has 3 aromatic rings. The molecule has 35 heavy (non-hydrogen) atoms.